The molecule has 0 saturated carbocycles. The zero-order valence-electron chi connectivity index (χ0n) is 18.5. The summed E-state index contributed by atoms with van der Waals surface area (Å²) in [6.07, 6.45) is 8.31. The van der Waals surface area contributed by atoms with Crippen LogP contribution in [0.15, 0.2) is 35.9 Å². The molecule has 0 aliphatic heterocycles. The summed E-state index contributed by atoms with van der Waals surface area (Å²) in [6, 6.07) is 3.87. The first kappa shape index (κ1) is 22.9. The van der Waals surface area contributed by atoms with Gasteiger partial charge < -0.3 is 9.47 Å². The topological polar surface area (TPSA) is 52.6 Å². The Labute approximate surface area is 175 Å². The molecule has 2 rings (SSSR count). The summed E-state index contributed by atoms with van der Waals surface area (Å²) in [5.74, 6) is 0.376. The van der Waals surface area contributed by atoms with Crippen LogP contribution in [-0.4, -0.2) is 11.9 Å². The molecular weight excluding hydrogens is 364 g/mol. The first-order valence-corrected chi connectivity index (χ1v) is 10.6. The lowest BCUT2D eigenvalue weighted by atomic mass is 9.73. The summed E-state index contributed by atoms with van der Waals surface area (Å²) in [7, 11) is 0. The molecule has 0 heterocycles. The van der Waals surface area contributed by atoms with Gasteiger partial charge in [-0.2, -0.15) is 0 Å². The lowest BCUT2D eigenvalue weighted by Gasteiger charge is -2.32. The molecule has 1 aliphatic rings. The van der Waals surface area contributed by atoms with E-state index in [2.05, 4.69) is 26.5 Å². The Hall–Kier alpha value is -2.36. The van der Waals surface area contributed by atoms with E-state index in [0.29, 0.717) is 11.5 Å². The van der Waals surface area contributed by atoms with Gasteiger partial charge in [-0.05, 0) is 63.1 Å². The van der Waals surface area contributed by atoms with Crippen LogP contribution >= 0.6 is 0 Å². The van der Waals surface area contributed by atoms with E-state index in [1.807, 2.05) is 19.1 Å². The Bertz CT molecular complexity index is 766. The summed E-state index contributed by atoms with van der Waals surface area (Å²) in [5.41, 5.74) is 4.13. The number of ether oxygens (including phenoxy) is 2. The van der Waals surface area contributed by atoms with Crippen molar-refractivity contribution in [3.8, 4) is 11.5 Å². The number of allylic oxidation sites excluding steroid dienone is 3. The minimum atomic E-state index is -0.380. The Morgan fingerprint density at radius 3 is 2.14 bits per heavy atom. The highest BCUT2D eigenvalue weighted by atomic mass is 16.5. The fraction of sp³-hybridized carbons (Fsp3) is 0.520. The monoisotopic (exact) mass is 398 g/mol. The molecule has 4 nitrogen and oxygen atoms in total. The fourth-order valence-corrected chi connectivity index (χ4v) is 4.09. The van der Waals surface area contributed by atoms with E-state index in [4.69, 9.17) is 9.47 Å². The van der Waals surface area contributed by atoms with Crippen molar-refractivity contribution in [3.63, 3.8) is 0 Å². The number of aryl methyl sites for hydroxylation is 1. The number of carbonyl (C=O) groups is 2. The number of carbonyl (C=O) groups excluding carboxylic acids is 2. The summed E-state index contributed by atoms with van der Waals surface area (Å²) in [6.45, 7) is 13.3. The van der Waals surface area contributed by atoms with E-state index in [-0.39, 0.29) is 23.8 Å². The molecule has 0 radical (unpaired) electrons. The quantitative estimate of drug-likeness (QED) is 0.224. The minimum Gasteiger partial charge on any atom is -0.426 e. The fourth-order valence-electron chi connectivity index (χ4n) is 4.09. The van der Waals surface area contributed by atoms with Crippen LogP contribution in [0.25, 0.3) is 0 Å². The zero-order valence-corrected chi connectivity index (χ0v) is 18.5. The third kappa shape index (κ3) is 6.31. The van der Waals surface area contributed by atoms with Gasteiger partial charge in [0.15, 0.2) is 0 Å². The van der Waals surface area contributed by atoms with E-state index in [9.17, 15) is 9.59 Å². The maximum atomic E-state index is 11.9. The van der Waals surface area contributed by atoms with Crippen LogP contribution in [0.5, 0.6) is 11.5 Å². The van der Waals surface area contributed by atoms with Gasteiger partial charge in [-0.15, -0.1) is 0 Å². The van der Waals surface area contributed by atoms with Gasteiger partial charge in [-0.25, -0.2) is 0 Å². The molecule has 0 unspecified atom stereocenters. The van der Waals surface area contributed by atoms with Crippen molar-refractivity contribution < 1.29 is 19.1 Å². The Balaban J connectivity index is 2.64. The van der Waals surface area contributed by atoms with Crippen molar-refractivity contribution >= 4 is 11.9 Å². The van der Waals surface area contributed by atoms with Crippen molar-refractivity contribution in [3.05, 3.63) is 47.1 Å². The molecule has 0 saturated heterocycles. The van der Waals surface area contributed by atoms with Crippen LogP contribution in [0.2, 0.25) is 0 Å². The number of unbranched alkanes of at least 4 members (excludes halogenated alkanes) is 2. The smallest absolute Gasteiger partial charge is 0.308 e. The molecule has 1 aromatic rings. The van der Waals surface area contributed by atoms with Gasteiger partial charge >= 0.3 is 11.9 Å². The Morgan fingerprint density at radius 2 is 1.66 bits per heavy atom. The second-order valence-corrected chi connectivity index (χ2v) is 8.18. The lowest BCUT2D eigenvalue weighted by Crippen LogP contribution is -2.20. The summed E-state index contributed by atoms with van der Waals surface area (Å²) < 4.78 is 11.3. The number of benzene rings is 1. The molecule has 1 aromatic carbocycles. The molecule has 0 amide bonds. The normalized spacial score (nSPS) is 18.7. The van der Waals surface area contributed by atoms with E-state index >= 15 is 0 Å². The first-order valence-electron chi connectivity index (χ1n) is 10.6. The average molecular weight is 399 g/mol. The highest BCUT2D eigenvalue weighted by molar-refractivity contribution is 5.73. The molecule has 0 aromatic heterocycles. The highest BCUT2D eigenvalue weighted by Crippen LogP contribution is 2.47. The molecule has 158 valence electrons. The van der Waals surface area contributed by atoms with Crippen LogP contribution in [0.4, 0.5) is 0 Å². The van der Waals surface area contributed by atoms with Crippen LogP contribution in [0.3, 0.4) is 0 Å². The SMILES string of the molecule is C=C(C)[C@@H]1CCC(C)=C[C@H]1c1c(OC(C)=O)cc(CCCCC)cc1OC(C)=O. The predicted molar refractivity (Wildman–Crippen MR) is 116 cm³/mol. The highest BCUT2D eigenvalue weighted by Gasteiger charge is 2.32. The van der Waals surface area contributed by atoms with Gasteiger partial charge in [0.05, 0.1) is 0 Å². The van der Waals surface area contributed by atoms with Crippen LogP contribution in [0, 0.1) is 5.92 Å². The molecule has 0 fully saturated rings. The lowest BCUT2D eigenvalue weighted by molar-refractivity contribution is -0.132. The van der Waals surface area contributed by atoms with E-state index in [1.165, 1.54) is 19.4 Å². The second-order valence-electron chi connectivity index (χ2n) is 8.18. The van der Waals surface area contributed by atoms with E-state index in [0.717, 1.165) is 55.2 Å². The maximum Gasteiger partial charge on any atom is 0.308 e. The molecule has 29 heavy (non-hydrogen) atoms. The van der Waals surface area contributed by atoms with Crippen molar-refractivity contribution in [1.82, 2.24) is 0 Å². The Kier molecular flexibility index (Phi) is 8.24. The molecule has 0 spiro atoms. The summed E-state index contributed by atoms with van der Waals surface area (Å²) >= 11 is 0. The first-order chi connectivity index (χ1) is 13.7. The molecule has 2 atom stereocenters. The van der Waals surface area contributed by atoms with Gasteiger partial charge in [0.1, 0.15) is 11.5 Å². The zero-order chi connectivity index (χ0) is 21.6. The number of hydrogen-bond acceptors (Lipinski definition) is 4. The minimum absolute atomic E-state index is 0.0466. The van der Waals surface area contributed by atoms with Gasteiger partial charge in [0, 0.05) is 25.3 Å². The molecule has 4 heteroatoms. The van der Waals surface area contributed by atoms with Crippen molar-refractivity contribution in [1.29, 1.82) is 0 Å². The standard InChI is InChI=1S/C25H34O4/c1-7-8-9-10-20-14-23(28-18(5)26)25(24(15-20)29-19(6)27)22-13-17(4)11-12-21(22)16(2)3/h13-15,21-22H,2,7-12H2,1,3-6H3/t21-,22+/m0/s1. The van der Waals surface area contributed by atoms with Gasteiger partial charge in [0.25, 0.3) is 0 Å². The Morgan fingerprint density at radius 1 is 1.07 bits per heavy atom. The number of hydrogen-bond donors (Lipinski definition) is 0. The van der Waals surface area contributed by atoms with Crippen LogP contribution < -0.4 is 9.47 Å². The van der Waals surface area contributed by atoms with Crippen molar-refractivity contribution in [2.24, 2.45) is 5.92 Å². The summed E-state index contributed by atoms with van der Waals surface area (Å²) in [4.78, 5) is 23.7. The molecular formula is C25H34O4. The molecule has 0 N–H and O–H groups in total. The van der Waals surface area contributed by atoms with Gasteiger partial charge in [-0.1, -0.05) is 43.6 Å². The number of rotatable bonds is 8. The van der Waals surface area contributed by atoms with Crippen molar-refractivity contribution in [2.75, 3.05) is 0 Å². The van der Waals surface area contributed by atoms with Crippen LogP contribution in [-0.2, 0) is 16.0 Å². The predicted octanol–water partition coefficient (Wildman–Crippen LogP) is 6.29. The average Bonchev–Trinajstić information content (AvgIpc) is 2.60. The van der Waals surface area contributed by atoms with Crippen LogP contribution in [0.1, 0.15) is 83.8 Å². The second kappa shape index (κ2) is 10.4. The largest absolute Gasteiger partial charge is 0.426 e. The van der Waals surface area contributed by atoms with Gasteiger partial charge in [0.2, 0.25) is 0 Å². The summed E-state index contributed by atoms with van der Waals surface area (Å²) in [5, 5.41) is 0. The molecule has 0 bridgehead atoms. The van der Waals surface area contributed by atoms with Gasteiger partial charge in [-0.3, -0.25) is 9.59 Å². The van der Waals surface area contributed by atoms with E-state index in [1.54, 1.807) is 0 Å². The third-order valence-corrected chi connectivity index (χ3v) is 5.45. The third-order valence-electron chi connectivity index (χ3n) is 5.45. The molecule has 1 aliphatic carbocycles. The number of esters is 2. The van der Waals surface area contributed by atoms with Crippen molar-refractivity contribution in [2.45, 2.75) is 79.1 Å². The van der Waals surface area contributed by atoms with E-state index < -0.39 is 0 Å². The maximum absolute atomic E-state index is 11.9.